The van der Waals surface area contributed by atoms with Crippen LogP contribution in [-0.2, 0) is 0 Å². The van der Waals surface area contributed by atoms with Gasteiger partial charge in [0.1, 0.15) is 11.3 Å². The number of hydroxylamine groups is 1. The Kier molecular flexibility index (Phi) is 3.82. The maximum atomic E-state index is 12.2. The molecule has 0 spiro atoms. The lowest BCUT2D eigenvalue weighted by Gasteiger charge is -2.08. The van der Waals surface area contributed by atoms with Crippen molar-refractivity contribution in [1.29, 1.82) is 0 Å². The normalized spacial score (nSPS) is 12.1. The SMILES string of the molecule is C[C@@H](NC(=O)c1cc2ccccc2o1)c1cc(C(=O)NO)on1. The molecular formula is C15H13N3O5. The maximum absolute atomic E-state index is 12.2. The Labute approximate surface area is 130 Å². The molecule has 2 heterocycles. The lowest BCUT2D eigenvalue weighted by Crippen LogP contribution is -2.26. The number of hydrogen-bond acceptors (Lipinski definition) is 6. The smallest absolute Gasteiger partial charge is 0.313 e. The van der Waals surface area contributed by atoms with Crippen LogP contribution in [0.3, 0.4) is 0 Å². The van der Waals surface area contributed by atoms with E-state index in [4.69, 9.17) is 14.1 Å². The average molecular weight is 315 g/mol. The zero-order valence-corrected chi connectivity index (χ0v) is 12.1. The van der Waals surface area contributed by atoms with E-state index in [2.05, 4.69) is 10.5 Å². The van der Waals surface area contributed by atoms with Gasteiger partial charge in [0.2, 0.25) is 5.76 Å². The quantitative estimate of drug-likeness (QED) is 0.501. The molecule has 0 fully saturated rings. The van der Waals surface area contributed by atoms with Crippen molar-refractivity contribution < 1.29 is 23.7 Å². The van der Waals surface area contributed by atoms with Crippen LogP contribution in [0.4, 0.5) is 0 Å². The monoisotopic (exact) mass is 315 g/mol. The van der Waals surface area contributed by atoms with Gasteiger partial charge in [-0.1, -0.05) is 23.4 Å². The van der Waals surface area contributed by atoms with Crippen LogP contribution in [0.5, 0.6) is 0 Å². The summed E-state index contributed by atoms with van der Waals surface area (Å²) in [6, 6.07) is 9.74. The third kappa shape index (κ3) is 2.92. The van der Waals surface area contributed by atoms with Gasteiger partial charge in [-0.05, 0) is 19.1 Å². The first kappa shape index (κ1) is 14.8. The van der Waals surface area contributed by atoms with Gasteiger partial charge in [0.05, 0.1) is 6.04 Å². The van der Waals surface area contributed by atoms with Gasteiger partial charge < -0.3 is 14.3 Å². The first-order valence-electron chi connectivity index (χ1n) is 6.79. The highest BCUT2D eigenvalue weighted by Gasteiger charge is 2.20. The van der Waals surface area contributed by atoms with Crippen molar-refractivity contribution in [2.45, 2.75) is 13.0 Å². The molecule has 0 unspecified atom stereocenters. The molecule has 3 rings (SSSR count). The molecule has 0 aliphatic rings. The second kappa shape index (κ2) is 5.93. The molecule has 8 heteroatoms. The molecule has 8 nitrogen and oxygen atoms in total. The number of nitrogens with one attached hydrogen (secondary N) is 2. The van der Waals surface area contributed by atoms with Crippen molar-refractivity contribution in [1.82, 2.24) is 16.0 Å². The molecule has 23 heavy (non-hydrogen) atoms. The Morgan fingerprint density at radius 1 is 1.17 bits per heavy atom. The van der Waals surface area contributed by atoms with E-state index >= 15 is 0 Å². The van der Waals surface area contributed by atoms with Crippen LogP contribution in [-0.4, -0.2) is 22.2 Å². The molecule has 3 aromatic rings. The zero-order valence-electron chi connectivity index (χ0n) is 12.1. The summed E-state index contributed by atoms with van der Waals surface area (Å²) in [5.74, 6) is -1.22. The number of fused-ring (bicyclic) bond motifs is 1. The lowest BCUT2D eigenvalue weighted by atomic mass is 10.2. The molecule has 0 saturated carbocycles. The molecule has 0 radical (unpaired) electrons. The van der Waals surface area contributed by atoms with Crippen molar-refractivity contribution in [3.05, 3.63) is 53.6 Å². The number of benzene rings is 1. The molecule has 1 atom stereocenters. The summed E-state index contributed by atoms with van der Waals surface area (Å²) in [5.41, 5.74) is 2.40. The fraction of sp³-hybridized carbons (Fsp3) is 0.133. The molecule has 118 valence electrons. The summed E-state index contributed by atoms with van der Waals surface area (Å²) in [6.45, 7) is 1.68. The number of carbonyl (C=O) groups excluding carboxylic acids is 2. The molecule has 0 saturated heterocycles. The molecule has 0 aliphatic heterocycles. The largest absolute Gasteiger partial charge is 0.451 e. The predicted octanol–water partition coefficient (Wildman–Crippen LogP) is 2.03. The molecular weight excluding hydrogens is 302 g/mol. The van der Waals surface area contributed by atoms with Gasteiger partial charge >= 0.3 is 5.91 Å². The number of hydrogen-bond donors (Lipinski definition) is 3. The summed E-state index contributed by atoms with van der Waals surface area (Å²) in [6.07, 6.45) is 0. The minimum absolute atomic E-state index is 0.160. The van der Waals surface area contributed by atoms with Gasteiger partial charge in [-0.3, -0.25) is 14.8 Å². The van der Waals surface area contributed by atoms with Crippen LogP contribution >= 0.6 is 0 Å². The van der Waals surface area contributed by atoms with Gasteiger partial charge in [-0.25, -0.2) is 5.48 Å². The van der Waals surface area contributed by atoms with Gasteiger partial charge in [0.25, 0.3) is 5.91 Å². The van der Waals surface area contributed by atoms with E-state index in [9.17, 15) is 9.59 Å². The van der Waals surface area contributed by atoms with Crippen molar-refractivity contribution in [2.24, 2.45) is 0 Å². The summed E-state index contributed by atoms with van der Waals surface area (Å²) >= 11 is 0. The van der Waals surface area contributed by atoms with Crippen molar-refractivity contribution >= 4 is 22.8 Å². The summed E-state index contributed by atoms with van der Waals surface area (Å²) in [7, 11) is 0. The zero-order chi connectivity index (χ0) is 16.4. The maximum Gasteiger partial charge on any atom is 0.313 e. The van der Waals surface area contributed by atoms with E-state index in [1.54, 1.807) is 19.1 Å². The molecule has 1 aromatic carbocycles. The van der Waals surface area contributed by atoms with Crippen LogP contribution in [0.1, 0.15) is 39.8 Å². The average Bonchev–Trinajstić information content (AvgIpc) is 3.20. The number of para-hydroxylation sites is 1. The van der Waals surface area contributed by atoms with Crippen LogP contribution in [0.2, 0.25) is 0 Å². The minimum atomic E-state index is -0.820. The van der Waals surface area contributed by atoms with Crippen LogP contribution in [0.15, 0.2) is 45.3 Å². The highest BCUT2D eigenvalue weighted by molar-refractivity contribution is 5.96. The Morgan fingerprint density at radius 2 is 1.96 bits per heavy atom. The molecule has 0 bridgehead atoms. The molecule has 2 aromatic heterocycles. The first-order chi connectivity index (χ1) is 11.1. The minimum Gasteiger partial charge on any atom is -0.451 e. The van der Waals surface area contributed by atoms with E-state index in [-0.39, 0.29) is 11.5 Å². The van der Waals surface area contributed by atoms with E-state index in [0.29, 0.717) is 11.3 Å². The molecule has 2 amide bonds. The Morgan fingerprint density at radius 3 is 2.70 bits per heavy atom. The van der Waals surface area contributed by atoms with Crippen molar-refractivity contribution in [3.8, 4) is 0 Å². The third-order valence-corrected chi connectivity index (χ3v) is 3.29. The summed E-state index contributed by atoms with van der Waals surface area (Å²) in [5, 5.41) is 15.7. The van der Waals surface area contributed by atoms with Gasteiger partial charge in [0, 0.05) is 11.5 Å². The Bertz CT molecular complexity index is 834. The fourth-order valence-corrected chi connectivity index (χ4v) is 2.09. The second-order valence-electron chi connectivity index (χ2n) is 4.90. The summed E-state index contributed by atoms with van der Waals surface area (Å²) in [4.78, 5) is 23.4. The number of nitrogens with zero attached hydrogens (tertiary/aromatic N) is 1. The Hall–Kier alpha value is -3.13. The number of furan rings is 1. The molecule has 0 aliphatic carbocycles. The number of carbonyl (C=O) groups is 2. The van der Waals surface area contributed by atoms with Crippen molar-refractivity contribution in [3.63, 3.8) is 0 Å². The second-order valence-corrected chi connectivity index (χ2v) is 4.90. The first-order valence-corrected chi connectivity index (χ1v) is 6.79. The lowest BCUT2D eigenvalue weighted by molar-refractivity contribution is 0.0666. The van der Waals surface area contributed by atoms with Crippen molar-refractivity contribution in [2.75, 3.05) is 0 Å². The van der Waals surface area contributed by atoms with Crippen LogP contribution in [0, 0.1) is 0 Å². The van der Waals surface area contributed by atoms with Gasteiger partial charge in [-0.15, -0.1) is 0 Å². The number of amides is 2. The topological polar surface area (TPSA) is 118 Å². The number of aromatic nitrogens is 1. The van der Waals surface area contributed by atoms with E-state index in [1.165, 1.54) is 11.5 Å². The summed E-state index contributed by atoms with van der Waals surface area (Å²) < 4.78 is 10.3. The standard InChI is InChI=1S/C15H13N3O5/c1-8(10-7-13(23-18-10)15(20)17-21)16-14(19)12-6-9-4-2-3-5-11(9)22-12/h2-8,21H,1H3,(H,16,19)(H,17,20)/t8-/m1/s1. The number of rotatable bonds is 4. The van der Waals surface area contributed by atoms with Crippen LogP contribution in [0.25, 0.3) is 11.0 Å². The van der Waals surface area contributed by atoms with E-state index < -0.39 is 17.9 Å². The van der Waals surface area contributed by atoms with Gasteiger partial charge in [0.15, 0.2) is 5.76 Å². The predicted molar refractivity (Wildman–Crippen MR) is 77.9 cm³/mol. The molecule has 3 N–H and O–H groups in total. The van der Waals surface area contributed by atoms with E-state index in [1.807, 2.05) is 18.2 Å². The fourth-order valence-electron chi connectivity index (χ4n) is 2.09. The van der Waals surface area contributed by atoms with E-state index in [0.717, 1.165) is 5.39 Å². The van der Waals surface area contributed by atoms with Gasteiger partial charge in [-0.2, -0.15) is 0 Å². The highest BCUT2D eigenvalue weighted by atomic mass is 16.5. The third-order valence-electron chi connectivity index (χ3n) is 3.29. The highest BCUT2D eigenvalue weighted by Crippen LogP contribution is 2.20. The Balaban J connectivity index is 1.74. The van der Waals surface area contributed by atoms with Crippen LogP contribution < -0.4 is 10.8 Å².